The average Bonchev–Trinajstić information content (AvgIpc) is 3.95. The number of imidazole rings is 2. The molecule has 0 aliphatic carbocycles. The number of H-pyrrole nitrogens is 2. The minimum atomic E-state index is -1.37. The number of amides is 4. The van der Waals surface area contributed by atoms with Crippen molar-refractivity contribution in [3.63, 3.8) is 0 Å². The van der Waals surface area contributed by atoms with E-state index in [1.54, 1.807) is 6.20 Å². The number of rotatable bonds is 11. The monoisotopic (exact) mass is 740 g/mol. The van der Waals surface area contributed by atoms with Crippen molar-refractivity contribution in [3.05, 3.63) is 71.6 Å². The summed E-state index contributed by atoms with van der Waals surface area (Å²) in [4.78, 5) is 64.2. The Hall–Kier alpha value is -5.42. The molecule has 4 amide bonds. The second-order valence-corrected chi connectivity index (χ2v) is 13.9. The van der Waals surface area contributed by atoms with Crippen molar-refractivity contribution in [1.82, 2.24) is 50.6 Å². The highest BCUT2D eigenvalue weighted by molar-refractivity contribution is 5.94. The molecule has 2 saturated heterocycles. The maximum atomic E-state index is 12.8. The van der Waals surface area contributed by atoms with Gasteiger partial charge in [-0.1, -0.05) is 50.2 Å². The van der Waals surface area contributed by atoms with E-state index < -0.39 is 36.1 Å². The van der Waals surface area contributed by atoms with E-state index in [4.69, 9.17) is 15.2 Å². The molecule has 0 unspecified atom stereocenters. The van der Waals surface area contributed by atoms with E-state index in [9.17, 15) is 19.2 Å². The normalized spacial score (nSPS) is 19.5. The number of nitrogens with one attached hydrogen (secondary N) is 4. The number of carboxylic acid groups (broad SMARTS) is 2. The number of aromatic nitrogens is 4. The largest absolute Gasteiger partial charge is 0.465 e. The number of hydrogen-bond donors (Lipinski definition) is 6. The Labute approximate surface area is 313 Å². The first-order chi connectivity index (χ1) is 25.8. The third-order valence-electron chi connectivity index (χ3n) is 10.8. The molecule has 2 aliphatic heterocycles. The number of benzene rings is 2. The molecule has 6 N–H and O–H groups in total. The Kier molecular flexibility index (Phi) is 11.3. The smallest absolute Gasteiger partial charge is 0.411 e. The molecule has 4 heterocycles. The molecule has 2 aliphatic rings. The average molecular weight is 741 g/mol. The molecule has 286 valence electrons. The first kappa shape index (κ1) is 38.3. The maximum Gasteiger partial charge on any atom is 0.411 e. The third kappa shape index (κ3) is 7.50. The first-order valence-corrected chi connectivity index (χ1v) is 18.2. The summed E-state index contributed by atoms with van der Waals surface area (Å²) in [6, 6.07) is 10.7. The number of hydrazine groups is 2. The molecular weight excluding hydrogens is 692 g/mol. The zero-order valence-electron chi connectivity index (χ0n) is 31.4. The molecule has 4 aromatic rings. The minimum absolute atomic E-state index is 0.209. The highest BCUT2D eigenvalue weighted by atomic mass is 16.4. The van der Waals surface area contributed by atoms with Crippen LogP contribution in [0.2, 0.25) is 0 Å². The van der Waals surface area contributed by atoms with Gasteiger partial charge in [0.1, 0.15) is 23.7 Å². The summed E-state index contributed by atoms with van der Waals surface area (Å²) in [6.45, 7) is 9.32. The van der Waals surface area contributed by atoms with Gasteiger partial charge < -0.3 is 20.2 Å². The van der Waals surface area contributed by atoms with E-state index in [0.29, 0.717) is 31.8 Å². The van der Waals surface area contributed by atoms with Crippen molar-refractivity contribution in [2.75, 3.05) is 27.2 Å². The predicted octanol–water partition coefficient (Wildman–Crippen LogP) is 5.08. The van der Waals surface area contributed by atoms with Gasteiger partial charge in [-0.15, -0.1) is 0 Å². The summed E-state index contributed by atoms with van der Waals surface area (Å²) in [5.41, 5.74) is 8.06. The Morgan fingerprint density at radius 2 is 1.13 bits per heavy atom. The molecular formula is C38H48N10O6. The fourth-order valence-corrected chi connectivity index (χ4v) is 7.94. The van der Waals surface area contributed by atoms with Gasteiger partial charge in [0.2, 0.25) is 11.8 Å². The molecule has 4 atom stereocenters. The zero-order chi connectivity index (χ0) is 38.8. The van der Waals surface area contributed by atoms with Crippen molar-refractivity contribution in [2.24, 2.45) is 0 Å². The quantitative estimate of drug-likeness (QED) is 0.119. The molecule has 0 bridgehead atoms. The molecule has 54 heavy (non-hydrogen) atoms. The molecule has 0 radical (unpaired) electrons. The molecule has 2 aromatic heterocycles. The van der Waals surface area contributed by atoms with Gasteiger partial charge in [0.15, 0.2) is 0 Å². The minimum Gasteiger partial charge on any atom is -0.465 e. The molecule has 16 nitrogen and oxygen atoms in total. The van der Waals surface area contributed by atoms with Crippen molar-refractivity contribution in [2.45, 2.75) is 77.5 Å². The van der Waals surface area contributed by atoms with E-state index in [-0.39, 0.29) is 12.1 Å². The van der Waals surface area contributed by atoms with Crippen LogP contribution in [0.5, 0.6) is 0 Å². The number of carbonyl (C=O) groups excluding carboxylic acids is 2. The Bertz CT molecular complexity index is 2030. The van der Waals surface area contributed by atoms with Crippen LogP contribution in [-0.2, 0) is 9.59 Å². The van der Waals surface area contributed by atoms with Crippen LogP contribution in [0.4, 0.5) is 9.59 Å². The molecule has 0 spiro atoms. The van der Waals surface area contributed by atoms with Gasteiger partial charge in [0, 0.05) is 32.7 Å². The highest BCUT2D eigenvalue weighted by Crippen LogP contribution is 2.37. The van der Waals surface area contributed by atoms with Crippen LogP contribution in [0.15, 0.2) is 48.8 Å². The maximum absolute atomic E-state index is 12.8. The van der Waals surface area contributed by atoms with Gasteiger partial charge in [-0.05, 0) is 67.3 Å². The van der Waals surface area contributed by atoms with E-state index in [2.05, 4.69) is 65.2 Å². The lowest BCUT2D eigenvalue weighted by Crippen LogP contribution is -2.52. The van der Waals surface area contributed by atoms with Gasteiger partial charge in [0.25, 0.3) is 0 Å². The van der Waals surface area contributed by atoms with Crippen molar-refractivity contribution in [1.29, 1.82) is 0 Å². The van der Waals surface area contributed by atoms with Gasteiger partial charge in [-0.25, -0.2) is 39.6 Å². The van der Waals surface area contributed by atoms with E-state index in [1.807, 2.05) is 64.8 Å². The SMILES string of the molecule is CC[C@@H](C(=O)NC(=O)O)N1[C@H](c2ncc(-c3ccc(-c4ccc(-c5cnc([C@@H]6CCN(C)N6[C@@H](CC)C(=O)NC(=O)O)[nH]5)c(C)c4C)cc3)[nH]2)CCN1C. The molecule has 6 rings (SSSR count). The van der Waals surface area contributed by atoms with Gasteiger partial charge in [-0.2, -0.15) is 0 Å². The zero-order valence-corrected chi connectivity index (χ0v) is 31.4. The van der Waals surface area contributed by atoms with Crippen LogP contribution in [0.25, 0.3) is 33.6 Å². The van der Waals surface area contributed by atoms with Crippen LogP contribution < -0.4 is 10.6 Å². The van der Waals surface area contributed by atoms with Crippen molar-refractivity contribution in [3.8, 4) is 33.6 Å². The van der Waals surface area contributed by atoms with Crippen LogP contribution in [0, 0.1) is 13.8 Å². The number of imide groups is 2. The van der Waals surface area contributed by atoms with E-state index in [1.165, 1.54) is 0 Å². The van der Waals surface area contributed by atoms with E-state index >= 15 is 0 Å². The Morgan fingerprint density at radius 1 is 0.704 bits per heavy atom. The lowest BCUT2D eigenvalue weighted by Gasteiger charge is -2.34. The summed E-state index contributed by atoms with van der Waals surface area (Å²) in [5, 5.41) is 30.0. The first-order valence-electron chi connectivity index (χ1n) is 18.2. The summed E-state index contributed by atoms with van der Waals surface area (Å²) in [5.74, 6) is 0.314. The van der Waals surface area contributed by atoms with Gasteiger partial charge >= 0.3 is 12.2 Å². The number of carbonyl (C=O) groups is 4. The lowest BCUT2D eigenvalue weighted by molar-refractivity contribution is -0.134. The fraction of sp³-hybridized carbons (Fsp3) is 0.421. The second kappa shape index (κ2) is 15.9. The number of aromatic amines is 2. The van der Waals surface area contributed by atoms with Crippen molar-refractivity contribution < 1.29 is 29.4 Å². The number of hydrogen-bond acceptors (Lipinski definition) is 10. The van der Waals surface area contributed by atoms with E-state index in [0.717, 1.165) is 63.4 Å². The summed E-state index contributed by atoms with van der Waals surface area (Å²) >= 11 is 0. The molecule has 2 aromatic carbocycles. The van der Waals surface area contributed by atoms with Gasteiger partial charge in [0.05, 0.1) is 35.9 Å². The summed E-state index contributed by atoms with van der Waals surface area (Å²) in [6.07, 6.45) is 3.20. The van der Waals surface area contributed by atoms with Crippen LogP contribution >= 0.6 is 0 Å². The van der Waals surface area contributed by atoms with Crippen LogP contribution in [0.3, 0.4) is 0 Å². The Morgan fingerprint density at radius 3 is 1.61 bits per heavy atom. The Balaban J connectivity index is 1.19. The summed E-state index contributed by atoms with van der Waals surface area (Å²) in [7, 11) is 3.79. The van der Waals surface area contributed by atoms with Crippen LogP contribution in [-0.4, -0.2) is 113 Å². The fourth-order valence-electron chi connectivity index (χ4n) is 7.94. The van der Waals surface area contributed by atoms with Crippen molar-refractivity contribution >= 4 is 24.0 Å². The standard InChI is InChI=1S/C38H48N10O6/c1-7-29(35(49)43-37(51)52)47-31(15-17-45(47)5)33-39-19-27(41-33)24-11-9-23(10-12-24)25-13-14-26(22(4)21(25)3)28-20-40-34(42-28)32-16-18-46(6)48(32)30(8-2)36(50)44-38(53)54/h9-14,19-20,29-32H,7-8,15-18H2,1-6H3,(H,39,41)(H,40,42)(H,43,49)(H,44,50)(H,51,52)(H,53,54)/t29-,30-,31-,32-/m0/s1. The molecule has 16 heteroatoms. The predicted molar refractivity (Wildman–Crippen MR) is 201 cm³/mol. The van der Waals surface area contributed by atoms with Crippen LogP contribution in [0.1, 0.15) is 74.4 Å². The number of nitrogens with zero attached hydrogens (tertiary/aromatic N) is 6. The molecule has 0 saturated carbocycles. The summed E-state index contributed by atoms with van der Waals surface area (Å²) < 4.78 is 0. The van der Waals surface area contributed by atoms with Gasteiger partial charge in [-0.3, -0.25) is 20.2 Å². The lowest BCUT2D eigenvalue weighted by atomic mass is 9.92. The topological polar surface area (TPSA) is 203 Å². The molecule has 2 fully saturated rings. The third-order valence-corrected chi connectivity index (χ3v) is 10.8. The highest BCUT2D eigenvalue weighted by Gasteiger charge is 2.41. The second-order valence-electron chi connectivity index (χ2n) is 13.9.